The van der Waals surface area contributed by atoms with E-state index in [0.717, 1.165) is 24.3 Å². The zero-order valence-electron chi connectivity index (χ0n) is 9.93. The minimum Gasteiger partial charge on any atom is -0.477 e. The number of amides is 1. The van der Waals surface area contributed by atoms with Gasteiger partial charge in [0.2, 0.25) is 0 Å². The fourth-order valence-electron chi connectivity index (χ4n) is 1.47. The predicted molar refractivity (Wildman–Crippen MR) is 65.5 cm³/mol. The molecule has 1 aromatic heterocycles. The lowest BCUT2D eigenvalue weighted by atomic mass is 10.2. The first-order valence-electron chi connectivity index (χ1n) is 5.43. The molecule has 0 unspecified atom stereocenters. The topological polar surface area (TPSA) is 79.3 Å². The number of nitrogens with one attached hydrogen (secondary N) is 1. The molecule has 1 heterocycles. The zero-order chi connectivity index (χ0) is 14.7. The molecule has 0 aliphatic rings. The number of hydrogen-bond acceptors (Lipinski definition) is 3. The summed E-state index contributed by atoms with van der Waals surface area (Å²) in [5.74, 6) is -4.13. The third-order valence-electron chi connectivity index (χ3n) is 2.42. The van der Waals surface area contributed by atoms with E-state index in [1.54, 1.807) is 0 Å². The van der Waals surface area contributed by atoms with Gasteiger partial charge in [0.25, 0.3) is 5.91 Å². The number of benzene rings is 1. The quantitative estimate of drug-likeness (QED) is 0.903. The number of nitrogens with zero attached hydrogens (tertiary/aromatic N) is 1. The summed E-state index contributed by atoms with van der Waals surface area (Å²) in [6.07, 6.45) is 1.21. The number of carboxylic acid groups (broad SMARTS) is 1. The van der Waals surface area contributed by atoms with Crippen LogP contribution in [0.25, 0.3) is 0 Å². The highest BCUT2D eigenvalue weighted by atomic mass is 19.2. The molecule has 0 aliphatic carbocycles. The van der Waals surface area contributed by atoms with Gasteiger partial charge in [0.15, 0.2) is 11.6 Å². The Hall–Kier alpha value is -2.83. The van der Waals surface area contributed by atoms with E-state index in [-0.39, 0.29) is 16.9 Å². The molecule has 0 saturated heterocycles. The second-order valence-corrected chi connectivity index (χ2v) is 3.82. The van der Waals surface area contributed by atoms with Crippen LogP contribution in [0.15, 0.2) is 36.5 Å². The Morgan fingerprint density at radius 2 is 1.85 bits per heavy atom. The highest BCUT2D eigenvalue weighted by molar-refractivity contribution is 6.04. The molecule has 5 nitrogen and oxygen atoms in total. The van der Waals surface area contributed by atoms with Gasteiger partial charge in [-0.25, -0.2) is 18.6 Å². The van der Waals surface area contributed by atoms with Crippen molar-refractivity contribution >= 4 is 17.6 Å². The first-order valence-corrected chi connectivity index (χ1v) is 5.43. The molecule has 2 rings (SSSR count). The highest BCUT2D eigenvalue weighted by Gasteiger charge is 2.11. The highest BCUT2D eigenvalue weighted by Crippen LogP contribution is 2.13. The van der Waals surface area contributed by atoms with Crippen LogP contribution in [0.1, 0.15) is 20.8 Å². The second kappa shape index (κ2) is 5.43. The molecular weight excluding hydrogens is 270 g/mol. The van der Waals surface area contributed by atoms with Crippen LogP contribution >= 0.6 is 0 Å². The van der Waals surface area contributed by atoms with E-state index in [1.165, 1.54) is 12.3 Å². The number of aromatic carboxylic acids is 1. The summed E-state index contributed by atoms with van der Waals surface area (Å²) in [4.78, 5) is 26.1. The Morgan fingerprint density at radius 1 is 1.10 bits per heavy atom. The number of hydrogen-bond donors (Lipinski definition) is 2. The van der Waals surface area contributed by atoms with Crippen molar-refractivity contribution in [2.75, 3.05) is 5.32 Å². The molecule has 1 amide bonds. The monoisotopic (exact) mass is 278 g/mol. The van der Waals surface area contributed by atoms with Gasteiger partial charge >= 0.3 is 5.97 Å². The molecule has 0 aliphatic heterocycles. The summed E-state index contributed by atoms with van der Waals surface area (Å²) in [7, 11) is 0. The van der Waals surface area contributed by atoms with Crippen molar-refractivity contribution in [2.24, 2.45) is 0 Å². The molecular formula is C13H8F2N2O3. The average molecular weight is 278 g/mol. The second-order valence-electron chi connectivity index (χ2n) is 3.82. The number of carboxylic acids is 1. The van der Waals surface area contributed by atoms with Crippen LogP contribution in [0.4, 0.5) is 14.5 Å². The lowest BCUT2D eigenvalue weighted by Gasteiger charge is -2.06. The minimum absolute atomic E-state index is 0.0856. The smallest absolute Gasteiger partial charge is 0.354 e. The first-order chi connectivity index (χ1) is 9.47. The Kier molecular flexibility index (Phi) is 3.69. The van der Waals surface area contributed by atoms with Gasteiger partial charge in [-0.2, -0.15) is 0 Å². The van der Waals surface area contributed by atoms with Crippen molar-refractivity contribution in [1.82, 2.24) is 4.98 Å². The van der Waals surface area contributed by atoms with Crippen LogP contribution in [0.5, 0.6) is 0 Å². The molecule has 7 heteroatoms. The number of anilines is 1. The number of halogens is 2. The third kappa shape index (κ3) is 2.94. The van der Waals surface area contributed by atoms with Gasteiger partial charge in [-0.05, 0) is 30.3 Å². The summed E-state index contributed by atoms with van der Waals surface area (Å²) in [6.45, 7) is 0. The Morgan fingerprint density at radius 3 is 2.50 bits per heavy atom. The fourth-order valence-corrected chi connectivity index (χ4v) is 1.47. The van der Waals surface area contributed by atoms with Gasteiger partial charge in [0.1, 0.15) is 5.69 Å². The van der Waals surface area contributed by atoms with E-state index in [0.29, 0.717) is 0 Å². The van der Waals surface area contributed by atoms with Crippen molar-refractivity contribution in [3.05, 3.63) is 59.4 Å². The number of carbonyl (C=O) groups is 2. The van der Waals surface area contributed by atoms with Crippen molar-refractivity contribution in [3.8, 4) is 0 Å². The third-order valence-corrected chi connectivity index (χ3v) is 2.42. The van der Waals surface area contributed by atoms with E-state index in [9.17, 15) is 18.4 Å². The van der Waals surface area contributed by atoms with Gasteiger partial charge in [-0.15, -0.1) is 0 Å². The van der Waals surface area contributed by atoms with Gasteiger partial charge in [0, 0.05) is 17.4 Å². The van der Waals surface area contributed by atoms with Gasteiger partial charge < -0.3 is 10.4 Å². The Labute approximate surface area is 111 Å². The van der Waals surface area contributed by atoms with Crippen LogP contribution in [0.3, 0.4) is 0 Å². The van der Waals surface area contributed by atoms with Crippen molar-refractivity contribution in [2.45, 2.75) is 0 Å². The molecule has 2 aromatic rings. The van der Waals surface area contributed by atoms with Crippen LogP contribution in [0.2, 0.25) is 0 Å². The Bertz CT molecular complexity index is 689. The lowest BCUT2D eigenvalue weighted by molar-refractivity contribution is 0.0690. The molecule has 102 valence electrons. The maximum absolute atomic E-state index is 13.0. The molecule has 0 spiro atoms. The van der Waals surface area contributed by atoms with Gasteiger partial charge in [0.05, 0.1) is 0 Å². The standard InChI is InChI=1S/C13H8F2N2O3/c14-9-2-1-7(5-10(9)15)12(18)17-8-3-4-16-11(6-8)13(19)20/h1-6H,(H,19,20)(H,16,17,18). The molecule has 20 heavy (non-hydrogen) atoms. The molecule has 1 aromatic carbocycles. The van der Waals surface area contributed by atoms with Crippen molar-refractivity contribution < 1.29 is 23.5 Å². The zero-order valence-corrected chi connectivity index (χ0v) is 9.93. The van der Waals surface area contributed by atoms with Crippen LogP contribution in [-0.2, 0) is 0 Å². The number of carbonyl (C=O) groups excluding carboxylic acids is 1. The predicted octanol–water partition coefficient (Wildman–Crippen LogP) is 2.31. The molecule has 2 N–H and O–H groups in total. The number of rotatable bonds is 3. The van der Waals surface area contributed by atoms with E-state index < -0.39 is 23.5 Å². The van der Waals surface area contributed by atoms with E-state index >= 15 is 0 Å². The molecule has 0 saturated carbocycles. The molecule has 0 bridgehead atoms. The van der Waals surface area contributed by atoms with Crippen LogP contribution in [0, 0.1) is 11.6 Å². The number of aromatic nitrogens is 1. The molecule has 0 fully saturated rings. The van der Waals surface area contributed by atoms with Crippen molar-refractivity contribution in [1.29, 1.82) is 0 Å². The fraction of sp³-hybridized carbons (Fsp3) is 0. The first kappa shape index (κ1) is 13.6. The molecule has 0 atom stereocenters. The largest absolute Gasteiger partial charge is 0.477 e. The van der Waals surface area contributed by atoms with Crippen molar-refractivity contribution in [3.63, 3.8) is 0 Å². The van der Waals surface area contributed by atoms with Crippen LogP contribution < -0.4 is 5.32 Å². The normalized spacial score (nSPS) is 10.1. The Balaban J connectivity index is 2.21. The SMILES string of the molecule is O=C(Nc1ccnc(C(=O)O)c1)c1ccc(F)c(F)c1. The maximum atomic E-state index is 13.0. The minimum atomic E-state index is -1.24. The van der Waals surface area contributed by atoms with E-state index in [4.69, 9.17) is 5.11 Å². The van der Waals surface area contributed by atoms with E-state index in [2.05, 4.69) is 10.3 Å². The summed E-state index contributed by atoms with van der Waals surface area (Å²) in [5, 5.41) is 11.1. The summed E-state index contributed by atoms with van der Waals surface area (Å²) in [6, 6.07) is 5.24. The van der Waals surface area contributed by atoms with Gasteiger partial charge in [-0.3, -0.25) is 4.79 Å². The average Bonchev–Trinajstić information content (AvgIpc) is 2.42. The number of pyridine rings is 1. The lowest BCUT2D eigenvalue weighted by Crippen LogP contribution is -2.13. The maximum Gasteiger partial charge on any atom is 0.354 e. The van der Waals surface area contributed by atoms with E-state index in [1.807, 2.05) is 0 Å². The summed E-state index contributed by atoms with van der Waals surface area (Å²) in [5.41, 5.74) is -0.141. The van der Waals surface area contributed by atoms with Gasteiger partial charge in [-0.1, -0.05) is 0 Å². The summed E-state index contributed by atoms with van der Waals surface area (Å²) >= 11 is 0. The molecule has 0 radical (unpaired) electrons. The van der Waals surface area contributed by atoms with Crippen LogP contribution in [-0.4, -0.2) is 22.0 Å². The summed E-state index contributed by atoms with van der Waals surface area (Å²) < 4.78 is 25.8.